The number of rotatable bonds is 5. The molecule has 1 amide bonds. The molecule has 0 saturated carbocycles. The third-order valence-corrected chi connectivity index (χ3v) is 5.29. The van der Waals surface area contributed by atoms with Crippen LogP contribution in [0.4, 0.5) is 0 Å². The Hall–Kier alpha value is -2.70. The fourth-order valence-corrected chi connectivity index (χ4v) is 3.87. The second kappa shape index (κ2) is 8.12. The van der Waals surface area contributed by atoms with E-state index in [1.165, 1.54) is 0 Å². The van der Waals surface area contributed by atoms with E-state index in [1.807, 2.05) is 66.2 Å². The molecule has 1 atom stereocenters. The topological polar surface area (TPSA) is 61.1 Å². The zero-order chi connectivity index (χ0) is 19.5. The molecule has 1 aromatic carbocycles. The number of β-amino-alcohol motifs (C(OH)–C–C–N with tert-alkyl or cyclic N) is 1. The number of amides is 1. The molecule has 28 heavy (non-hydrogen) atoms. The SMILES string of the molecule is CN(Cc1ccccc1)C(=O)c1nc2ccccn2c1CN1CCC[C@H](O)C1. The number of pyridine rings is 1. The van der Waals surface area contributed by atoms with Crippen molar-refractivity contribution in [2.75, 3.05) is 20.1 Å². The Balaban J connectivity index is 1.62. The number of imidazole rings is 1. The lowest BCUT2D eigenvalue weighted by molar-refractivity contribution is 0.0653. The molecule has 1 saturated heterocycles. The molecule has 0 bridgehead atoms. The van der Waals surface area contributed by atoms with Crippen LogP contribution in [-0.2, 0) is 13.1 Å². The lowest BCUT2D eigenvalue weighted by Gasteiger charge is -2.30. The fraction of sp³-hybridized carbons (Fsp3) is 0.364. The van der Waals surface area contributed by atoms with Crippen LogP contribution in [0, 0.1) is 0 Å². The van der Waals surface area contributed by atoms with Crippen LogP contribution < -0.4 is 0 Å². The van der Waals surface area contributed by atoms with Crippen LogP contribution in [0.3, 0.4) is 0 Å². The van der Waals surface area contributed by atoms with Gasteiger partial charge in [0, 0.05) is 32.9 Å². The number of aliphatic hydroxyl groups excluding tert-OH is 1. The van der Waals surface area contributed by atoms with Gasteiger partial charge in [-0.2, -0.15) is 0 Å². The molecular formula is C22H26N4O2. The van der Waals surface area contributed by atoms with Crippen LogP contribution in [-0.4, -0.2) is 56.4 Å². The highest BCUT2D eigenvalue weighted by Crippen LogP contribution is 2.20. The molecule has 1 fully saturated rings. The van der Waals surface area contributed by atoms with E-state index in [2.05, 4.69) is 9.88 Å². The minimum absolute atomic E-state index is 0.0832. The number of piperidine rings is 1. The Morgan fingerprint density at radius 3 is 2.79 bits per heavy atom. The minimum atomic E-state index is -0.298. The molecule has 3 aromatic rings. The summed E-state index contributed by atoms with van der Waals surface area (Å²) in [4.78, 5) is 21.8. The highest BCUT2D eigenvalue weighted by atomic mass is 16.3. The molecular weight excluding hydrogens is 352 g/mol. The summed E-state index contributed by atoms with van der Waals surface area (Å²) < 4.78 is 1.99. The molecule has 0 aliphatic carbocycles. The monoisotopic (exact) mass is 378 g/mol. The van der Waals surface area contributed by atoms with Gasteiger partial charge in [0.2, 0.25) is 0 Å². The van der Waals surface area contributed by atoms with Gasteiger partial charge < -0.3 is 14.4 Å². The molecule has 1 aliphatic heterocycles. The summed E-state index contributed by atoms with van der Waals surface area (Å²) in [5.74, 6) is -0.0832. The highest BCUT2D eigenvalue weighted by molar-refractivity contribution is 5.94. The Morgan fingerprint density at radius 1 is 1.21 bits per heavy atom. The summed E-state index contributed by atoms with van der Waals surface area (Å²) in [6.07, 6.45) is 3.46. The molecule has 0 radical (unpaired) electrons. The van der Waals surface area contributed by atoms with Crippen LogP contribution in [0.2, 0.25) is 0 Å². The summed E-state index contributed by atoms with van der Waals surface area (Å²) in [5, 5.41) is 10.0. The van der Waals surface area contributed by atoms with E-state index in [4.69, 9.17) is 0 Å². The first-order valence-electron chi connectivity index (χ1n) is 9.77. The van der Waals surface area contributed by atoms with E-state index in [1.54, 1.807) is 4.90 Å². The first kappa shape index (κ1) is 18.7. The average Bonchev–Trinajstić information content (AvgIpc) is 3.06. The molecule has 6 nitrogen and oxygen atoms in total. The second-order valence-electron chi connectivity index (χ2n) is 7.51. The van der Waals surface area contributed by atoms with Crippen molar-refractivity contribution >= 4 is 11.6 Å². The number of fused-ring (bicyclic) bond motifs is 1. The predicted octanol–water partition coefficient (Wildman–Crippen LogP) is 2.56. The van der Waals surface area contributed by atoms with Crippen molar-refractivity contribution in [2.45, 2.75) is 32.0 Å². The van der Waals surface area contributed by atoms with E-state index in [9.17, 15) is 9.90 Å². The number of carbonyl (C=O) groups excluding carboxylic acids is 1. The molecule has 1 aliphatic rings. The molecule has 146 valence electrons. The van der Waals surface area contributed by atoms with Crippen molar-refractivity contribution in [2.24, 2.45) is 0 Å². The number of aliphatic hydroxyl groups is 1. The van der Waals surface area contributed by atoms with E-state index in [-0.39, 0.29) is 12.0 Å². The van der Waals surface area contributed by atoms with Gasteiger partial charge >= 0.3 is 0 Å². The van der Waals surface area contributed by atoms with Gasteiger partial charge in [-0.15, -0.1) is 0 Å². The van der Waals surface area contributed by atoms with Gasteiger partial charge in [0.05, 0.1) is 11.8 Å². The van der Waals surface area contributed by atoms with Crippen LogP contribution in [0.15, 0.2) is 54.7 Å². The van der Waals surface area contributed by atoms with Gasteiger partial charge in [-0.25, -0.2) is 4.98 Å². The Morgan fingerprint density at radius 2 is 2.00 bits per heavy atom. The minimum Gasteiger partial charge on any atom is -0.392 e. The third kappa shape index (κ3) is 3.93. The number of carbonyl (C=O) groups is 1. The van der Waals surface area contributed by atoms with Crippen molar-refractivity contribution in [1.29, 1.82) is 0 Å². The van der Waals surface area contributed by atoms with Gasteiger partial charge in [-0.1, -0.05) is 36.4 Å². The smallest absolute Gasteiger partial charge is 0.274 e. The van der Waals surface area contributed by atoms with Crippen molar-refractivity contribution in [1.82, 2.24) is 19.2 Å². The summed E-state index contributed by atoms with van der Waals surface area (Å²) in [6.45, 7) is 2.69. The Bertz CT molecular complexity index is 954. The lowest BCUT2D eigenvalue weighted by Crippen LogP contribution is -2.38. The summed E-state index contributed by atoms with van der Waals surface area (Å²) >= 11 is 0. The summed E-state index contributed by atoms with van der Waals surface area (Å²) in [6, 6.07) is 15.8. The van der Waals surface area contributed by atoms with Crippen molar-refractivity contribution < 1.29 is 9.90 Å². The molecule has 6 heteroatoms. The maximum absolute atomic E-state index is 13.2. The quantitative estimate of drug-likeness (QED) is 0.741. The van der Waals surface area contributed by atoms with Gasteiger partial charge in [0.25, 0.3) is 5.91 Å². The maximum Gasteiger partial charge on any atom is 0.274 e. The van der Waals surface area contributed by atoms with Gasteiger partial charge in [-0.05, 0) is 37.1 Å². The van der Waals surface area contributed by atoms with Crippen LogP contribution >= 0.6 is 0 Å². The highest BCUT2D eigenvalue weighted by Gasteiger charge is 2.25. The Labute approximate surface area is 165 Å². The number of benzene rings is 1. The van der Waals surface area contributed by atoms with Gasteiger partial charge in [0.1, 0.15) is 5.65 Å². The normalized spacial score (nSPS) is 17.7. The fourth-order valence-electron chi connectivity index (χ4n) is 3.87. The van der Waals surface area contributed by atoms with E-state index in [0.717, 1.165) is 36.3 Å². The first-order chi connectivity index (χ1) is 13.6. The molecule has 3 heterocycles. The number of hydrogen-bond acceptors (Lipinski definition) is 4. The number of aromatic nitrogens is 2. The first-order valence-corrected chi connectivity index (χ1v) is 9.77. The van der Waals surface area contributed by atoms with Crippen molar-refractivity contribution in [3.8, 4) is 0 Å². The summed E-state index contributed by atoms with van der Waals surface area (Å²) in [7, 11) is 1.81. The largest absolute Gasteiger partial charge is 0.392 e. The lowest BCUT2D eigenvalue weighted by atomic mass is 10.1. The van der Waals surface area contributed by atoms with E-state index in [0.29, 0.717) is 25.3 Å². The molecule has 1 N–H and O–H groups in total. The molecule has 4 rings (SSSR count). The van der Waals surface area contributed by atoms with Crippen molar-refractivity contribution in [3.05, 3.63) is 71.7 Å². The van der Waals surface area contributed by atoms with E-state index < -0.39 is 0 Å². The second-order valence-corrected chi connectivity index (χ2v) is 7.51. The molecule has 2 aromatic heterocycles. The molecule has 0 unspecified atom stereocenters. The van der Waals surface area contributed by atoms with Crippen LogP contribution in [0.25, 0.3) is 5.65 Å². The third-order valence-electron chi connectivity index (χ3n) is 5.29. The Kier molecular flexibility index (Phi) is 5.41. The molecule has 0 spiro atoms. The number of likely N-dealkylation sites (tertiary alicyclic amines) is 1. The number of hydrogen-bond donors (Lipinski definition) is 1. The van der Waals surface area contributed by atoms with Gasteiger partial charge in [0.15, 0.2) is 5.69 Å². The zero-order valence-electron chi connectivity index (χ0n) is 16.2. The maximum atomic E-state index is 13.2. The average molecular weight is 378 g/mol. The summed E-state index contributed by atoms with van der Waals surface area (Å²) in [5.41, 5.74) is 3.23. The predicted molar refractivity (Wildman–Crippen MR) is 108 cm³/mol. The zero-order valence-corrected chi connectivity index (χ0v) is 16.2. The number of nitrogens with zero attached hydrogens (tertiary/aromatic N) is 4. The standard InChI is InChI=1S/C22H26N4O2/c1-24(14-17-8-3-2-4-9-17)22(28)21-19(16-25-12-7-10-18(27)15-25)26-13-6-5-11-20(26)23-21/h2-6,8-9,11,13,18,27H,7,10,12,14-16H2,1H3/t18-/m0/s1. The van der Waals surface area contributed by atoms with Gasteiger partial charge in [-0.3, -0.25) is 9.69 Å². The van der Waals surface area contributed by atoms with Crippen molar-refractivity contribution in [3.63, 3.8) is 0 Å². The van der Waals surface area contributed by atoms with E-state index >= 15 is 0 Å². The van der Waals surface area contributed by atoms with Crippen LogP contribution in [0.1, 0.15) is 34.6 Å². The van der Waals surface area contributed by atoms with Crippen LogP contribution in [0.5, 0.6) is 0 Å².